The summed E-state index contributed by atoms with van der Waals surface area (Å²) in [6.07, 6.45) is 1.69. The van der Waals surface area contributed by atoms with Crippen molar-refractivity contribution < 1.29 is 4.79 Å². The maximum absolute atomic E-state index is 13.3. The molecule has 1 aromatic heterocycles. The van der Waals surface area contributed by atoms with Gasteiger partial charge in [0, 0.05) is 39.3 Å². The van der Waals surface area contributed by atoms with Crippen molar-refractivity contribution in [3.05, 3.63) is 92.3 Å². The fraction of sp³-hybridized carbons (Fsp3) is 0.393. The van der Waals surface area contributed by atoms with Gasteiger partial charge in [-0.25, -0.2) is 15.6 Å². The number of para-hydroxylation sites is 1. The van der Waals surface area contributed by atoms with Crippen LogP contribution in [0.2, 0.25) is 0 Å². The molecule has 3 aromatic rings. The number of aryl methyl sites for hydroxylation is 1. The Bertz CT molecular complexity index is 1390. The summed E-state index contributed by atoms with van der Waals surface area (Å²) in [5.41, 5.74) is 10.1. The molecule has 194 valence electrons. The Morgan fingerprint density at radius 3 is 2.27 bits per heavy atom. The third-order valence-electron chi connectivity index (χ3n) is 7.58. The van der Waals surface area contributed by atoms with Crippen LogP contribution in [-0.2, 0) is 18.3 Å². The van der Waals surface area contributed by atoms with E-state index in [0.717, 1.165) is 11.0 Å². The highest BCUT2D eigenvalue weighted by atomic mass is 16.2. The van der Waals surface area contributed by atoms with Gasteiger partial charge in [0.05, 0.1) is 11.4 Å². The minimum Gasteiger partial charge on any atom is -0.362 e. The predicted molar refractivity (Wildman–Crippen MR) is 144 cm³/mol. The fourth-order valence-corrected chi connectivity index (χ4v) is 5.34. The number of nitrogens with zero attached hydrogens (tertiary/aromatic N) is 4. The molecule has 1 amide bonds. The number of piperazine rings is 1. The number of benzene rings is 2. The van der Waals surface area contributed by atoms with E-state index in [4.69, 9.17) is 0 Å². The number of aromatic nitrogens is 2. The Labute approximate surface area is 216 Å². The highest BCUT2D eigenvalue weighted by molar-refractivity contribution is 5.82. The van der Waals surface area contributed by atoms with E-state index >= 15 is 0 Å². The van der Waals surface area contributed by atoms with Crippen molar-refractivity contribution in [2.75, 3.05) is 31.1 Å². The minimum absolute atomic E-state index is 0.0682. The Morgan fingerprint density at radius 1 is 0.946 bits per heavy atom. The average Bonchev–Trinajstić information content (AvgIpc) is 3.43. The zero-order valence-corrected chi connectivity index (χ0v) is 21.6. The summed E-state index contributed by atoms with van der Waals surface area (Å²) in [7, 11) is 1.51. The molecule has 2 aliphatic rings. The molecule has 2 fully saturated rings. The number of nitrogens with one attached hydrogen (secondary N) is 2. The van der Waals surface area contributed by atoms with Crippen LogP contribution in [0, 0.1) is 6.92 Å². The lowest BCUT2D eigenvalue weighted by atomic mass is 9.99. The molecule has 2 aliphatic heterocycles. The van der Waals surface area contributed by atoms with Gasteiger partial charge in [0.1, 0.15) is 11.7 Å². The quantitative estimate of drug-likeness (QED) is 0.552. The molecule has 0 spiro atoms. The summed E-state index contributed by atoms with van der Waals surface area (Å²) in [6, 6.07) is 17.7. The largest absolute Gasteiger partial charge is 0.362 e. The van der Waals surface area contributed by atoms with Gasteiger partial charge in [0.2, 0.25) is 5.91 Å². The molecule has 37 heavy (non-hydrogen) atoms. The normalized spacial score (nSPS) is 19.9. The third-order valence-corrected chi connectivity index (χ3v) is 7.58. The molecule has 0 saturated carbocycles. The van der Waals surface area contributed by atoms with E-state index in [1.54, 1.807) is 4.57 Å². The van der Waals surface area contributed by atoms with Gasteiger partial charge < -0.3 is 9.80 Å². The molecule has 2 N–H and O–H groups in total. The predicted octanol–water partition coefficient (Wildman–Crippen LogP) is 1.66. The van der Waals surface area contributed by atoms with Crippen LogP contribution in [0.3, 0.4) is 0 Å². The van der Waals surface area contributed by atoms with Crippen LogP contribution in [0.5, 0.6) is 0 Å². The van der Waals surface area contributed by atoms with Crippen molar-refractivity contribution in [3.63, 3.8) is 0 Å². The molecule has 2 unspecified atom stereocenters. The number of rotatable bonds is 5. The summed E-state index contributed by atoms with van der Waals surface area (Å²) in [4.78, 5) is 43.2. The number of anilines is 1. The lowest BCUT2D eigenvalue weighted by molar-refractivity contribution is -0.133. The summed E-state index contributed by atoms with van der Waals surface area (Å²) in [5, 5.41) is 0. The van der Waals surface area contributed by atoms with Crippen LogP contribution in [-0.4, -0.2) is 52.2 Å². The Hall–Kier alpha value is -3.69. The second-order valence-corrected chi connectivity index (χ2v) is 9.79. The zero-order chi connectivity index (χ0) is 26.1. The summed E-state index contributed by atoms with van der Waals surface area (Å²) >= 11 is 0. The Balaban J connectivity index is 1.28. The molecule has 5 rings (SSSR count). The van der Waals surface area contributed by atoms with E-state index in [9.17, 15) is 14.4 Å². The Morgan fingerprint density at radius 2 is 1.62 bits per heavy atom. The van der Waals surface area contributed by atoms with Gasteiger partial charge in [-0.05, 0) is 43.0 Å². The van der Waals surface area contributed by atoms with Crippen LogP contribution >= 0.6 is 0 Å². The van der Waals surface area contributed by atoms with Crippen molar-refractivity contribution >= 4 is 11.6 Å². The van der Waals surface area contributed by atoms with E-state index in [1.165, 1.54) is 18.2 Å². The van der Waals surface area contributed by atoms with Crippen molar-refractivity contribution in [2.24, 2.45) is 7.05 Å². The summed E-state index contributed by atoms with van der Waals surface area (Å²) in [5.74, 6) is 0.0682. The van der Waals surface area contributed by atoms with E-state index in [0.29, 0.717) is 49.7 Å². The summed E-state index contributed by atoms with van der Waals surface area (Å²) in [6.45, 7) is 6.02. The highest BCUT2D eigenvalue weighted by Gasteiger charge is 2.35. The van der Waals surface area contributed by atoms with Crippen molar-refractivity contribution in [3.8, 4) is 5.69 Å². The number of hydrazine groups is 1. The fourth-order valence-electron chi connectivity index (χ4n) is 5.34. The first-order valence-corrected chi connectivity index (χ1v) is 12.9. The lowest BCUT2D eigenvalue weighted by Gasteiger charge is -2.37. The van der Waals surface area contributed by atoms with Crippen LogP contribution in [0.1, 0.15) is 36.2 Å². The van der Waals surface area contributed by atoms with E-state index in [-0.39, 0.29) is 29.2 Å². The van der Waals surface area contributed by atoms with Gasteiger partial charge in [-0.15, -0.1) is 0 Å². The first-order chi connectivity index (χ1) is 17.9. The molecule has 9 nitrogen and oxygen atoms in total. The SMILES string of the molecule is CCc1ccc(C2CC(C(=O)N3CCN(c4c(C)n(-c5ccccc5)c(=O)n(C)c4=O)CC3)NN2)cc1. The smallest absolute Gasteiger partial charge is 0.335 e. The molecule has 3 heterocycles. The zero-order valence-electron chi connectivity index (χ0n) is 21.6. The molecular weight excluding hydrogens is 468 g/mol. The molecular formula is C28H34N6O3. The monoisotopic (exact) mass is 502 g/mol. The molecule has 9 heteroatoms. The van der Waals surface area contributed by atoms with E-state index < -0.39 is 0 Å². The first-order valence-electron chi connectivity index (χ1n) is 12.9. The van der Waals surface area contributed by atoms with Gasteiger partial charge in [-0.3, -0.25) is 18.7 Å². The second kappa shape index (κ2) is 10.4. The van der Waals surface area contributed by atoms with Gasteiger partial charge in [0.15, 0.2) is 0 Å². The van der Waals surface area contributed by atoms with Crippen LogP contribution < -0.4 is 27.0 Å². The Kier molecular flexibility index (Phi) is 6.99. The van der Waals surface area contributed by atoms with Crippen LogP contribution in [0.4, 0.5) is 5.69 Å². The topological polar surface area (TPSA) is 91.6 Å². The van der Waals surface area contributed by atoms with Gasteiger partial charge in [-0.1, -0.05) is 49.4 Å². The summed E-state index contributed by atoms with van der Waals surface area (Å²) < 4.78 is 2.74. The van der Waals surface area contributed by atoms with E-state index in [1.807, 2.05) is 47.1 Å². The standard InChI is InChI=1S/C28H34N6O3/c1-4-20-10-12-21(13-11-20)23-18-24(30-29-23)26(35)33-16-14-32(15-17-33)25-19(2)34(22-8-6-5-7-9-22)28(37)31(3)27(25)36/h5-13,23-24,29-30H,4,14-18H2,1-3H3. The van der Waals surface area contributed by atoms with Crippen LogP contribution in [0.25, 0.3) is 5.69 Å². The van der Waals surface area contributed by atoms with Gasteiger partial charge in [-0.2, -0.15) is 0 Å². The third kappa shape index (κ3) is 4.72. The number of carbonyl (C=O) groups excluding carboxylic acids is 1. The first kappa shape index (κ1) is 25.0. The van der Waals surface area contributed by atoms with Crippen molar-refractivity contribution in [2.45, 2.75) is 38.8 Å². The maximum Gasteiger partial charge on any atom is 0.335 e. The number of amides is 1. The van der Waals surface area contributed by atoms with Crippen LogP contribution in [0.15, 0.2) is 64.2 Å². The molecule has 2 aromatic carbocycles. The van der Waals surface area contributed by atoms with E-state index in [2.05, 4.69) is 42.0 Å². The van der Waals surface area contributed by atoms with Crippen molar-refractivity contribution in [1.82, 2.24) is 24.9 Å². The van der Waals surface area contributed by atoms with Gasteiger partial charge in [0.25, 0.3) is 5.56 Å². The van der Waals surface area contributed by atoms with Gasteiger partial charge >= 0.3 is 5.69 Å². The molecule has 0 aliphatic carbocycles. The second-order valence-electron chi connectivity index (χ2n) is 9.79. The average molecular weight is 503 g/mol. The molecule has 2 saturated heterocycles. The maximum atomic E-state index is 13.3. The molecule has 2 atom stereocenters. The van der Waals surface area contributed by atoms with Crippen molar-refractivity contribution in [1.29, 1.82) is 0 Å². The molecule has 0 bridgehead atoms. The number of carbonyl (C=O) groups is 1. The molecule has 0 radical (unpaired) electrons. The minimum atomic E-state index is -0.370. The number of hydrogen-bond acceptors (Lipinski definition) is 6. The highest BCUT2D eigenvalue weighted by Crippen LogP contribution is 2.25. The lowest BCUT2D eigenvalue weighted by Crippen LogP contribution is -2.55. The number of hydrogen-bond donors (Lipinski definition) is 2.